The van der Waals surface area contributed by atoms with E-state index in [2.05, 4.69) is 9.47 Å². The van der Waals surface area contributed by atoms with Crippen molar-refractivity contribution in [3.63, 3.8) is 0 Å². The number of aryl methyl sites for hydroxylation is 1. The Bertz CT molecular complexity index is 519. The van der Waals surface area contributed by atoms with Crippen LogP contribution in [0.1, 0.15) is 37.1 Å². The van der Waals surface area contributed by atoms with Gasteiger partial charge in [-0.1, -0.05) is 6.42 Å². The van der Waals surface area contributed by atoms with Crippen LogP contribution in [-0.4, -0.2) is 41.4 Å². The third-order valence-corrected chi connectivity index (χ3v) is 4.15. The summed E-state index contributed by atoms with van der Waals surface area (Å²) in [5, 5.41) is 10.2. The number of nitrogens with zero attached hydrogens (tertiary/aromatic N) is 2. The minimum absolute atomic E-state index is 0.0939. The lowest BCUT2D eigenvalue weighted by Crippen LogP contribution is -2.31. The molecule has 1 aliphatic heterocycles. The van der Waals surface area contributed by atoms with Crippen LogP contribution in [0.15, 0.2) is 10.9 Å². The van der Waals surface area contributed by atoms with E-state index >= 15 is 0 Å². The quantitative estimate of drug-likeness (QED) is 0.814. The summed E-state index contributed by atoms with van der Waals surface area (Å²) in [6.45, 7) is 6.09. The van der Waals surface area contributed by atoms with E-state index in [0.717, 1.165) is 37.4 Å². The van der Waals surface area contributed by atoms with Crippen molar-refractivity contribution in [1.29, 1.82) is 0 Å². The summed E-state index contributed by atoms with van der Waals surface area (Å²) < 4.78 is 7.16. The molecule has 5 nitrogen and oxygen atoms in total. The fraction of sp³-hybridized carbons (Fsp3) is 0.688. The number of methoxy groups -OCH3 is 1. The van der Waals surface area contributed by atoms with Crippen LogP contribution < -0.4 is 5.43 Å². The second-order valence-electron chi connectivity index (χ2n) is 5.78. The van der Waals surface area contributed by atoms with Gasteiger partial charge in [0.2, 0.25) is 5.43 Å². The van der Waals surface area contributed by atoms with Gasteiger partial charge in [-0.05, 0) is 39.3 Å². The van der Waals surface area contributed by atoms with Crippen molar-refractivity contribution < 1.29 is 9.84 Å². The Hall–Kier alpha value is -1.33. The van der Waals surface area contributed by atoms with Gasteiger partial charge in [-0.2, -0.15) is 0 Å². The number of piperidine rings is 1. The molecule has 1 N–H and O–H groups in total. The van der Waals surface area contributed by atoms with Crippen LogP contribution in [0.4, 0.5) is 0 Å². The molecule has 0 bridgehead atoms. The highest BCUT2D eigenvalue weighted by atomic mass is 16.5. The summed E-state index contributed by atoms with van der Waals surface area (Å²) in [7, 11) is 1.68. The third kappa shape index (κ3) is 4.08. The molecule has 0 amide bonds. The number of ether oxygens (including phenoxy) is 1. The number of rotatable bonds is 6. The highest BCUT2D eigenvalue weighted by Crippen LogP contribution is 2.20. The maximum atomic E-state index is 11.9. The number of hydrogen-bond donors (Lipinski definition) is 1. The van der Waals surface area contributed by atoms with Crippen LogP contribution in [0.5, 0.6) is 5.75 Å². The molecule has 1 fully saturated rings. The summed E-state index contributed by atoms with van der Waals surface area (Å²) in [6, 6.07) is 1.52. The predicted octanol–water partition coefficient (Wildman–Crippen LogP) is 1.88. The van der Waals surface area contributed by atoms with Crippen LogP contribution in [-0.2, 0) is 17.8 Å². The zero-order valence-corrected chi connectivity index (χ0v) is 13.1. The third-order valence-electron chi connectivity index (χ3n) is 4.15. The first-order valence-electron chi connectivity index (χ1n) is 7.77. The van der Waals surface area contributed by atoms with Crippen LogP contribution in [0.3, 0.4) is 0 Å². The lowest BCUT2D eigenvalue weighted by Gasteiger charge is -2.28. The predicted molar refractivity (Wildman–Crippen MR) is 82.7 cm³/mol. The molecular formula is C16H26N2O3. The summed E-state index contributed by atoms with van der Waals surface area (Å²) >= 11 is 0. The van der Waals surface area contributed by atoms with Gasteiger partial charge in [0.15, 0.2) is 5.75 Å². The van der Waals surface area contributed by atoms with Crippen LogP contribution in [0.2, 0.25) is 0 Å². The molecule has 0 saturated carbocycles. The Morgan fingerprint density at radius 1 is 1.29 bits per heavy atom. The summed E-state index contributed by atoms with van der Waals surface area (Å²) in [5.74, 6) is -0.0939. The summed E-state index contributed by atoms with van der Waals surface area (Å²) in [4.78, 5) is 14.2. The fourth-order valence-corrected chi connectivity index (χ4v) is 2.99. The van der Waals surface area contributed by atoms with Gasteiger partial charge < -0.3 is 14.4 Å². The highest BCUT2D eigenvalue weighted by molar-refractivity contribution is 5.29. The Morgan fingerprint density at radius 2 is 2.00 bits per heavy atom. The number of aromatic hydroxyl groups is 1. The molecule has 2 heterocycles. The molecule has 1 aromatic rings. The average molecular weight is 294 g/mol. The minimum atomic E-state index is -0.275. The molecule has 0 unspecified atom stereocenters. The molecule has 0 spiro atoms. The summed E-state index contributed by atoms with van der Waals surface area (Å²) in [5.41, 5.74) is 1.38. The number of pyridine rings is 1. The lowest BCUT2D eigenvalue weighted by atomic mass is 10.1. The molecule has 1 aliphatic rings. The molecular weight excluding hydrogens is 268 g/mol. The van der Waals surface area contributed by atoms with Gasteiger partial charge >= 0.3 is 0 Å². The number of aromatic nitrogens is 1. The standard InChI is InChI=1S/C16H26N2O3/c1-13-11-15(19)16(20)14(18(13)9-6-10-21-2)12-17-7-4-3-5-8-17/h11,20H,3-10,12H2,1-2H3. The zero-order chi connectivity index (χ0) is 15.2. The Balaban J connectivity index is 2.24. The molecule has 0 radical (unpaired) electrons. The first-order valence-corrected chi connectivity index (χ1v) is 7.77. The highest BCUT2D eigenvalue weighted by Gasteiger charge is 2.18. The van der Waals surface area contributed by atoms with E-state index < -0.39 is 0 Å². The summed E-state index contributed by atoms with van der Waals surface area (Å²) in [6.07, 6.45) is 4.53. The van der Waals surface area contributed by atoms with Gasteiger partial charge in [-0.25, -0.2) is 0 Å². The van der Waals surface area contributed by atoms with E-state index in [4.69, 9.17) is 4.74 Å². The van der Waals surface area contributed by atoms with E-state index in [1.807, 2.05) is 6.92 Å². The van der Waals surface area contributed by atoms with Gasteiger partial charge in [0.25, 0.3) is 0 Å². The normalized spacial score (nSPS) is 16.3. The van der Waals surface area contributed by atoms with E-state index in [-0.39, 0.29) is 11.2 Å². The van der Waals surface area contributed by atoms with Crippen molar-refractivity contribution in [3.8, 4) is 5.75 Å². The fourth-order valence-electron chi connectivity index (χ4n) is 2.99. The van der Waals surface area contributed by atoms with Crippen molar-refractivity contribution in [1.82, 2.24) is 9.47 Å². The first-order chi connectivity index (χ1) is 10.1. The Labute approximate surface area is 126 Å². The van der Waals surface area contributed by atoms with Crippen molar-refractivity contribution >= 4 is 0 Å². The molecule has 2 rings (SSSR count). The van der Waals surface area contributed by atoms with Gasteiger partial charge in [-0.3, -0.25) is 9.69 Å². The Kier molecular flexibility index (Phi) is 5.82. The maximum absolute atomic E-state index is 11.9. The van der Waals surface area contributed by atoms with Gasteiger partial charge in [0.05, 0.1) is 5.69 Å². The second kappa shape index (κ2) is 7.61. The van der Waals surface area contributed by atoms with Gasteiger partial charge in [-0.15, -0.1) is 0 Å². The van der Waals surface area contributed by atoms with Crippen LogP contribution in [0, 0.1) is 6.92 Å². The molecule has 5 heteroatoms. The topological polar surface area (TPSA) is 54.7 Å². The molecule has 0 atom stereocenters. The molecule has 1 aromatic heterocycles. The van der Waals surface area contributed by atoms with Crippen molar-refractivity contribution in [2.45, 2.75) is 45.7 Å². The van der Waals surface area contributed by atoms with Crippen molar-refractivity contribution in [2.24, 2.45) is 0 Å². The Morgan fingerprint density at radius 3 is 2.67 bits per heavy atom. The first kappa shape index (κ1) is 16.0. The largest absolute Gasteiger partial charge is 0.503 e. The monoisotopic (exact) mass is 294 g/mol. The SMILES string of the molecule is COCCCn1c(C)cc(=O)c(O)c1CN1CCCCC1. The molecule has 0 aliphatic carbocycles. The van der Waals surface area contributed by atoms with E-state index in [9.17, 15) is 9.90 Å². The smallest absolute Gasteiger partial charge is 0.223 e. The van der Waals surface area contributed by atoms with Crippen LogP contribution >= 0.6 is 0 Å². The average Bonchev–Trinajstić information content (AvgIpc) is 2.49. The molecule has 1 saturated heterocycles. The molecule has 21 heavy (non-hydrogen) atoms. The lowest BCUT2D eigenvalue weighted by molar-refractivity contribution is 0.186. The van der Waals surface area contributed by atoms with E-state index in [1.54, 1.807) is 7.11 Å². The van der Waals surface area contributed by atoms with Crippen molar-refractivity contribution in [3.05, 3.63) is 27.7 Å². The second-order valence-corrected chi connectivity index (χ2v) is 5.78. The van der Waals surface area contributed by atoms with Crippen molar-refractivity contribution in [2.75, 3.05) is 26.8 Å². The molecule has 118 valence electrons. The molecule has 0 aromatic carbocycles. The van der Waals surface area contributed by atoms with E-state index in [0.29, 0.717) is 13.2 Å². The maximum Gasteiger partial charge on any atom is 0.223 e. The minimum Gasteiger partial charge on any atom is -0.503 e. The number of likely N-dealkylation sites (tertiary alicyclic amines) is 1. The number of hydrogen-bond acceptors (Lipinski definition) is 4. The van der Waals surface area contributed by atoms with Crippen LogP contribution in [0.25, 0.3) is 0 Å². The van der Waals surface area contributed by atoms with Gasteiger partial charge in [0, 0.05) is 38.6 Å². The van der Waals surface area contributed by atoms with Gasteiger partial charge in [0.1, 0.15) is 0 Å². The van der Waals surface area contributed by atoms with E-state index in [1.165, 1.54) is 25.3 Å². The zero-order valence-electron chi connectivity index (χ0n) is 13.1.